The van der Waals surface area contributed by atoms with E-state index in [4.69, 9.17) is 0 Å². The van der Waals surface area contributed by atoms with Crippen LogP contribution in [0.1, 0.15) is 17.3 Å². The van der Waals surface area contributed by atoms with Crippen LogP contribution < -0.4 is 5.56 Å². The number of esters is 1. The van der Waals surface area contributed by atoms with Crippen LogP contribution in [0.3, 0.4) is 0 Å². The summed E-state index contributed by atoms with van der Waals surface area (Å²) in [6.45, 7) is 1.94. The van der Waals surface area contributed by atoms with Gasteiger partial charge in [0.2, 0.25) is 0 Å². The van der Waals surface area contributed by atoms with Gasteiger partial charge in [-0.05, 0) is 28.9 Å². The zero-order chi connectivity index (χ0) is 9.84. The fourth-order valence-electron chi connectivity index (χ4n) is 0.818. The Balaban J connectivity index is 3.06. The molecule has 0 amide bonds. The molecule has 0 atom stereocenters. The van der Waals surface area contributed by atoms with Crippen molar-refractivity contribution >= 4 is 21.9 Å². The van der Waals surface area contributed by atoms with E-state index < -0.39 is 11.5 Å². The van der Waals surface area contributed by atoms with Crippen LogP contribution in [0.5, 0.6) is 0 Å². The van der Waals surface area contributed by atoms with Gasteiger partial charge >= 0.3 is 5.97 Å². The van der Waals surface area contributed by atoms with Crippen molar-refractivity contribution in [2.45, 2.75) is 6.92 Å². The Bertz CT molecular complexity index is 372. The number of ether oxygens (including phenoxy) is 1. The third-order valence-electron chi connectivity index (χ3n) is 1.36. The monoisotopic (exact) mass is 245 g/mol. The van der Waals surface area contributed by atoms with E-state index in [0.717, 1.165) is 0 Å². The Kier molecular flexibility index (Phi) is 3.25. The summed E-state index contributed by atoms with van der Waals surface area (Å²) in [5, 5.41) is 0. The molecule has 70 valence electrons. The number of hydrogen-bond donors (Lipinski definition) is 1. The molecule has 1 rings (SSSR count). The van der Waals surface area contributed by atoms with E-state index in [9.17, 15) is 9.59 Å². The maximum atomic E-state index is 11.2. The summed E-state index contributed by atoms with van der Waals surface area (Å²) in [6, 6.07) is 1.43. The maximum absolute atomic E-state index is 11.2. The van der Waals surface area contributed by atoms with Gasteiger partial charge in [-0.2, -0.15) is 0 Å². The second-order valence-electron chi connectivity index (χ2n) is 2.28. The molecule has 0 saturated carbocycles. The SMILES string of the molecule is CCOC(=O)c1cc(Br)c[nH]c1=O. The van der Waals surface area contributed by atoms with Crippen LogP contribution in [0.15, 0.2) is 21.5 Å². The number of aromatic nitrogens is 1. The molecule has 1 aromatic rings. The first-order chi connectivity index (χ1) is 6.15. The quantitative estimate of drug-likeness (QED) is 0.800. The normalized spacial score (nSPS) is 9.69. The highest BCUT2D eigenvalue weighted by Crippen LogP contribution is 2.07. The standard InChI is InChI=1S/C8H8BrNO3/c1-2-13-8(12)6-3-5(9)4-10-7(6)11/h3-4H,2H2,1H3,(H,10,11). The molecule has 1 heterocycles. The van der Waals surface area contributed by atoms with Crippen molar-refractivity contribution < 1.29 is 9.53 Å². The molecule has 0 saturated heterocycles. The molecule has 0 aliphatic rings. The summed E-state index contributed by atoms with van der Waals surface area (Å²) in [4.78, 5) is 24.7. The van der Waals surface area contributed by atoms with Gasteiger partial charge in [-0.3, -0.25) is 4.79 Å². The number of H-pyrrole nitrogens is 1. The molecule has 0 bridgehead atoms. The van der Waals surface area contributed by atoms with Gasteiger partial charge in [-0.1, -0.05) is 0 Å². The van der Waals surface area contributed by atoms with Crippen LogP contribution in [0.25, 0.3) is 0 Å². The van der Waals surface area contributed by atoms with E-state index >= 15 is 0 Å². The second-order valence-corrected chi connectivity index (χ2v) is 3.20. The Morgan fingerprint density at radius 3 is 3.00 bits per heavy atom. The lowest BCUT2D eigenvalue weighted by Crippen LogP contribution is -2.19. The minimum atomic E-state index is -0.606. The van der Waals surface area contributed by atoms with Gasteiger partial charge in [0.1, 0.15) is 5.56 Å². The summed E-state index contributed by atoms with van der Waals surface area (Å²) in [6.07, 6.45) is 1.46. The van der Waals surface area contributed by atoms with E-state index in [0.29, 0.717) is 4.47 Å². The molecule has 0 unspecified atom stereocenters. The van der Waals surface area contributed by atoms with Crippen LogP contribution in [0.4, 0.5) is 0 Å². The number of aromatic amines is 1. The topological polar surface area (TPSA) is 59.2 Å². The molecular formula is C8H8BrNO3. The molecule has 5 heteroatoms. The lowest BCUT2D eigenvalue weighted by molar-refractivity contribution is 0.0524. The van der Waals surface area contributed by atoms with Crippen LogP contribution in [-0.2, 0) is 4.74 Å². The molecule has 0 fully saturated rings. The van der Waals surface area contributed by atoms with Crippen molar-refractivity contribution in [1.29, 1.82) is 0 Å². The molecule has 0 aliphatic heterocycles. The van der Waals surface area contributed by atoms with Crippen LogP contribution in [0.2, 0.25) is 0 Å². The average molecular weight is 246 g/mol. The maximum Gasteiger partial charge on any atom is 0.343 e. The predicted octanol–water partition coefficient (Wildman–Crippen LogP) is 1.31. The third kappa shape index (κ3) is 2.42. The number of halogens is 1. The van der Waals surface area contributed by atoms with E-state index in [1.807, 2.05) is 0 Å². The van der Waals surface area contributed by atoms with Gasteiger partial charge < -0.3 is 9.72 Å². The van der Waals surface area contributed by atoms with Gasteiger partial charge in [0, 0.05) is 10.7 Å². The van der Waals surface area contributed by atoms with Crippen LogP contribution >= 0.6 is 15.9 Å². The van der Waals surface area contributed by atoms with Crippen molar-refractivity contribution in [3.63, 3.8) is 0 Å². The average Bonchev–Trinajstić information content (AvgIpc) is 2.09. The molecule has 4 nitrogen and oxygen atoms in total. The Hall–Kier alpha value is -1.10. The smallest absolute Gasteiger partial charge is 0.343 e. The number of hydrogen-bond acceptors (Lipinski definition) is 3. The lowest BCUT2D eigenvalue weighted by Gasteiger charge is -2.00. The Labute approximate surface area is 83.1 Å². The van der Waals surface area contributed by atoms with Gasteiger partial charge in [0.25, 0.3) is 5.56 Å². The summed E-state index contributed by atoms with van der Waals surface area (Å²) < 4.78 is 5.32. The minimum absolute atomic E-state index is 0.0104. The summed E-state index contributed by atoms with van der Waals surface area (Å²) in [7, 11) is 0. The van der Waals surface area contributed by atoms with E-state index in [1.54, 1.807) is 6.92 Å². The highest BCUT2D eigenvalue weighted by atomic mass is 79.9. The first-order valence-corrected chi connectivity index (χ1v) is 4.49. The van der Waals surface area contributed by atoms with Crippen molar-refractivity contribution in [2.24, 2.45) is 0 Å². The zero-order valence-corrected chi connectivity index (χ0v) is 8.55. The fourth-order valence-corrected chi connectivity index (χ4v) is 1.16. The van der Waals surface area contributed by atoms with Gasteiger partial charge in [-0.15, -0.1) is 0 Å². The summed E-state index contributed by atoms with van der Waals surface area (Å²) in [5.41, 5.74) is -0.433. The highest BCUT2D eigenvalue weighted by Gasteiger charge is 2.11. The summed E-state index contributed by atoms with van der Waals surface area (Å²) >= 11 is 3.14. The number of pyridine rings is 1. The largest absolute Gasteiger partial charge is 0.462 e. The van der Waals surface area contributed by atoms with E-state index in [1.165, 1.54) is 12.3 Å². The molecule has 0 radical (unpaired) electrons. The van der Waals surface area contributed by atoms with E-state index in [-0.39, 0.29) is 12.2 Å². The third-order valence-corrected chi connectivity index (χ3v) is 1.82. The first-order valence-electron chi connectivity index (χ1n) is 3.70. The van der Waals surface area contributed by atoms with E-state index in [2.05, 4.69) is 25.7 Å². The fraction of sp³-hybridized carbons (Fsp3) is 0.250. The minimum Gasteiger partial charge on any atom is -0.462 e. The Morgan fingerprint density at radius 2 is 2.38 bits per heavy atom. The molecular weight excluding hydrogens is 238 g/mol. The zero-order valence-electron chi connectivity index (χ0n) is 6.96. The van der Waals surface area contributed by atoms with Gasteiger partial charge in [-0.25, -0.2) is 4.79 Å². The molecule has 1 aromatic heterocycles. The second kappa shape index (κ2) is 4.23. The van der Waals surface area contributed by atoms with Gasteiger partial charge in [0.15, 0.2) is 0 Å². The number of carbonyl (C=O) groups excluding carboxylic acids is 1. The van der Waals surface area contributed by atoms with Crippen LogP contribution in [0, 0.1) is 0 Å². The highest BCUT2D eigenvalue weighted by molar-refractivity contribution is 9.10. The van der Waals surface area contributed by atoms with Crippen molar-refractivity contribution in [2.75, 3.05) is 6.61 Å². The van der Waals surface area contributed by atoms with Gasteiger partial charge in [0.05, 0.1) is 6.61 Å². The number of carbonyl (C=O) groups is 1. The number of rotatable bonds is 2. The summed E-state index contributed by atoms with van der Waals surface area (Å²) in [5.74, 6) is -0.606. The molecule has 0 spiro atoms. The first kappa shape index (κ1) is 9.98. The number of nitrogens with one attached hydrogen (secondary N) is 1. The van der Waals surface area contributed by atoms with Crippen molar-refractivity contribution in [1.82, 2.24) is 4.98 Å². The van der Waals surface area contributed by atoms with Crippen LogP contribution in [-0.4, -0.2) is 17.6 Å². The molecule has 1 N–H and O–H groups in total. The Morgan fingerprint density at radius 1 is 1.69 bits per heavy atom. The lowest BCUT2D eigenvalue weighted by atomic mass is 10.3. The van der Waals surface area contributed by atoms with Crippen molar-refractivity contribution in [3.8, 4) is 0 Å². The predicted molar refractivity (Wildman–Crippen MR) is 50.7 cm³/mol. The molecule has 0 aliphatic carbocycles. The molecule has 13 heavy (non-hydrogen) atoms. The molecule has 0 aromatic carbocycles. The van der Waals surface area contributed by atoms with Crippen molar-refractivity contribution in [3.05, 3.63) is 32.7 Å².